The lowest BCUT2D eigenvalue weighted by Gasteiger charge is -2.15. The van der Waals surface area contributed by atoms with Gasteiger partial charge >= 0.3 is 18.0 Å². The second kappa shape index (κ2) is 16.0. The molecule has 6 N–H and O–H groups in total. The first-order valence-corrected chi connectivity index (χ1v) is 7.10. The molecule has 134 valence electrons. The summed E-state index contributed by atoms with van der Waals surface area (Å²) >= 11 is 0. The Morgan fingerprint density at radius 1 is 1.09 bits per heavy atom. The van der Waals surface area contributed by atoms with Crippen molar-refractivity contribution in [1.82, 2.24) is 16.0 Å². The molecule has 0 radical (unpaired) electrons. The molecule has 0 aromatic carbocycles. The molecule has 0 aromatic heterocycles. The number of aliphatic carboxylic acids is 2. The molecular weight excluding hydrogens is 310 g/mol. The summed E-state index contributed by atoms with van der Waals surface area (Å²) in [5, 5.41) is 32.1. The van der Waals surface area contributed by atoms with Crippen molar-refractivity contribution in [2.45, 2.75) is 38.1 Å². The summed E-state index contributed by atoms with van der Waals surface area (Å²) in [5.74, 6) is -2.00. The minimum Gasteiger partial charge on any atom is -0.483 e. The Balaban J connectivity index is 0. The third-order valence-corrected chi connectivity index (χ3v) is 2.63. The lowest BCUT2D eigenvalue weighted by molar-refractivity contribution is -0.139. The third kappa shape index (κ3) is 17.6. The predicted octanol–water partition coefficient (Wildman–Crippen LogP) is -0.306. The van der Waals surface area contributed by atoms with Gasteiger partial charge in [-0.1, -0.05) is 0 Å². The molecule has 0 aliphatic rings. The van der Waals surface area contributed by atoms with Gasteiger partial charge in [-0.2, -0.15) is 0 Å². The minimum absolute atomic E-state index is 0.0351. The zero-order valence-electron chi connectivity index (χ0n) is 13.1. The third-order valence-electron chi connectivity index (χ3n) is 2.63. The fourth-order valence-corrected chi connectivity index (χ4v) is 1.56. The molecule has 0 saturated carbocycles. The Labute approximate surface area is 134 Å². The van der Waals surface area contributed by atoms with E-state index in [0.717, 1.165) is 13.0 Å². The van der Waals surface area contributed by atoms with Gasteiger partial charge in [-0.25, -0.2) is 9.59 Å². The van der Waals surface area contributed by atoms with Crippen LogP contribution in [0.15, 0.2) is 0 Å². The molecule has 2 amide bonds. The van der Waals surface area contributed by atoms with Gasteiger partial charge in [0.1, 0.15) is 6.04 Å². The molecule has 1 atom stereocenters. The van der Waals surface area contributed by atoms with Crippen LogP contribution in [0, 0.1) is 0 Å². The van der Waals surface area contributed by atoms with Gasteiger partial charge in [-0.05, 0) is 39.3 Å². The maximum atomic E-state index is 11.4. The van der Waals surface area contributed by atoms with E-state index in [2.05, 4.69) is 16.0 Å². The van der Waals surface area contributed by atoms with E-state index in [4.69, 9.17) is 20.1 Å². The number of hydrogen-bond acceptors (Lipinski definition) is 5. The van der Waals surface area contributed by atoms with Gasteiger partial charge in [0.05, 0.1) is 0 Å². The first-order valence-electron chi connectivity index (χ1n) is 7.10. The molecule has 10 heteroatoms. The van der Waals surface area contributed by atoms with Crippen LogP contribution in [0.1, 0.15) is 32.1 Å². The number of carboxylic acids is 2. The molecular formula is C13H25N3O7. The van der Waals surface area contributed by atoms with Gasteiger partial charge in [0.25, 0.3) is 6.47 Å². The van der Waals surface area contributed by atoms with E-state index in [0.29, 0.717) is 19.3 Å². The second-order valence-corrected chi connectivity index (χ2v) is 4.49. The molecule has 0 saturated heterocycles. The number of carbonyl (C=O) groups is 4. The summed E-state index contributed by atoms with van der Waals surface area (Å²) < 4.78 is 0. The van der Waals surface area contributed by atoms with Crippen molar-refractivity contribution in [3.63, 3.8) is 0 Å². The minimum atomic E-state index is -1.07. The van der Waals surface area contributed by atoms with E-state index in [1.54, 1.807) is 0 Å². The lowest BCUT2D eigenvalue weighted by Crippen LogP contribution is -2.46. The van der Waals surface area contributed by atoms with E-state index >= 15 is 0 Å². The Morgan fingerprint density at radius 3 is 2.17 bits per heavy atom. The van der Waals surface area contributed by atoms with Crippen LogP contribution < -0.4 is 16.0 Å². The van der Waals surface area contributed by atoms with Crippen molar-refractivity contribution in [3.8, 4) is 0 Å². The number of nitrogens with one attached hydrogen (secondary N) is 3. The number of amides is 2. The van der Waals surface area contributed by atoms with Crippen LogP contribution in [-0.2, 0) is 14.4 Å². The van der Waals surface area contributed by atoms with E-state index in [1.807, 2.05) is 7.05 Å². The first-order chi connectivity index (χ1) is 10.9. The maximum absolute atomic E-state index is 11.4. The normalized spacial score (nSPS) is 10.7. The van der Waals surface area contributed by atoms with Crippen molar-refractivity contribution in [2.75, 3.05) is 20.1 Å². The molecule has 0 aliphatic carbocycles. The smallest absolute Gasteiger partial charge is 0.326 e. The Bertz CT molecular complexity index is 363. The van der Waals surface area contributed by atoms with Crippen molar-refractivity contribution in [3.05, 3.63) is 0 Å². The number of carbonyl (C=O) groups excluding carboxylic acids is 1. The molecule has 10 nitrogen and oxygen atoms in total. The molecule has 0 rings (SSSR count). The predicted molar refractivity (Wildman–Crippen MR) is 81.3 cm³/mol. The Hall–Kier alpha value is -2.36. The van der Waals surface area contributed by atoms with Gasteiger partial charge in [-0.3, -0.25) is 9.59 Å². The van der Waals surface area contributed by atoms with E-state index in [-0.39, 0.29) is 19.4 Å². The van der Waals surface area contributed by atoms with Crippen LogP contribution >= 0.6 is 0 Å². The Kier molecular flexibility index (Phi) is 16.0. The van der Waals surface area contributed by atoms with Gasteiger partial charge < -0.3 is 31.3 Å². The highest BCUT2D eigenvalue weighted by molar-refractivity contribution is 5.82. The summed E-state index contributed by atoms with van der Waals surface area (Å²) in [6.07, 6.45) is 2.16. The first kappa shape index (κ1) is 22.9. The maximum Gasteiger partial charge on any atom is 0.326 e. The van der Waals surface area contributed by atoms with Gasteiger partial charge in [0, 0.05) is 13.0 Å². The molecule has 0 heterocycles. The van der Waals surface area contributed by atoms with Crippen LogP contribution in [0.5, 0.6) is 0 Å². The average molecular weight is 335 g/mol. The zero-order valence-corrected chi connectivity index (χ0v) is 13.1. The van der Waals surface area contributed by atoms with Crippen LogP contribution in [0.4, 0.5) is 4.79 Å². The molecule has 0 bridgehead atoms. The monoisotopic (exact) mass is 335 g/mol. The van der Waals surface area contributed by atoms with Crippen molar-refractivity contribution in [2.24, 2.45) is 0 Å². The van der Waals surface area contributed by atoms with Crippen LogP contribution in [0.3, 0.4) is 0 Å². The summed E-state index contributed by atoms with van der Waals surface area (Å²) in [6.45, 7) is 0.748. The molecule has 23 heavy (non-hydrogen) atoms. The molecule has 0 aromatic rings. The number of hydrogen-bond donors (Lipinski definition) is 6. The standard InChI is InChI=1S/C12H23N3O5.CH2O2/c1-13-7-3-2-5-9(11(18)19)15-12(20)14-8-4-6-10(16)17;2-1-3/h9,13H,2-8H2,1H3,(H,16,17)(H,18,19)(H2,14,15,20);1H,(H,2,3). The second-order valence-electron chi connectivity index (χ2n) is 4.49. The highest BCUT2D eigenvalue weighted by Crippen LogP contribution is 2.01. The number of unbranched alkanes of at least 4 members (excludes halogenated alkanes) is 1. The molecule has 0 aliphatic heterocycles. The summed E-state index contributed by atoms with van der Waals surface area (Å²) in [7, 11) is 1.82. The van der Waals surface area contributed by atoms with Gasteiger partial charge in [0.15, 0.2) is 0 Å². The van der Waals surface area contributed by atoms with Crippen LogP contribution in [0.25, 0.3) is 0 Å². The Morgan fingerprint density at radius 2 is 1.70 bits per heavy atom. The number of urea groups is 1. The molecule has 1 unspecified atom stereocenters. The zero-order chi connectivity index (χ0) is 18.1. The lowest BCUT2D eigenvalue weighted by atomic mass is 10.1. The highest BCUT2D eigenvalue weighted by atomic mass is 16.4. The number of carboxylic acid groups (broad SMARTS) is 3. The number of rotatable bonds is 11. The van der Waals surface area contributed by atoms with Crippen molar-refractivity contribution < 1.29 is 34.5 Å². The van der Waals surface area contributed by atoms with Crippen molar-refractivity contribution >= 4 is 24.4 Å². The summed E-state index contributed by atoms with van der Waals surface area (Å²) in [5.41, 5.74) is 0. The topological polar surface area (TPSA) is 165 Å². The fourth-order valence-electron chi connectivity index (χ4n) is 1.56. The van der Waals surface area contributed by atoms with Crippen molar-refractivity contribution in [1.29, 1.82) is 0 Å². The van der Waals surface area contributed by atoms with Crippen LogP contribution in [0.2, 0.25) is 0 Å². The van der Waals surface area contributed by atoms with E-state index in [9.17, 15) is 14.4 Å². The van der Waals surface area contributed by atoms with Gasteiger partial charge in [-0.15, -0.1) is 0 Å². The fraction of sp³-hybridized carbons (Fsp3) is 0.692. The van der Waals surface area contributed by atoms with E-state index in [1.165, 1.54) is 0 Å². The van der Waals surface area contributed by atoms with Crippen LogP contribution in [-0.4, -0.2) is 65.9 Å². The largest absolute Gasteiger partial charge is 0.483 e. The van der Waals surface area contributed by atoms with Gasteiger partial charge in [0.2, 0.25) is 0 Å². The molecule has 0 fully saturated rings. The van der Waals surface area contributed by atoms with E-state index < -0.39 is 24.0 Å². The summed E-state index contributed by atoms with van der Waals surface area (Å²) in [6, 6.07) is -1.51. The molecule has 0 spiro atoms. The average Bonchev–Trinajstić information content (AvgIpc) is 2.47. The summed E-state index contributed by atoms with van der Waals surface area (Å²) in [4.78, 5) is 41.1. The SMILES string of the molecule is CNCCCCC(NC(=O)NCCCC(=O)O)C(=O)O.O=CO. The quantitative estimate of drug-likeness (QED) is 0.221. The highest BCUT2D eigenvalue weighted by Gasteiger charge is 2.18.